The van der Waals surface area contributed by atoms with E-state index in [0.717, 1.165) is 35.4 Å². The molecule has 5 heteroatoms. The van der Waals surface area contributed by atoms with Crippen LogP contribution in [-0.4, -0.2) is 22.4 Å². The summed E-state index contributed by atoms with van der Waals surface area (Å²) in [7, 11) is 0. The summed E-state index contributed by atoms with van der Waals surface area (Å²) in [6, 6.07) is 17.8. The summed E-state index contributed by atoms with van der Waals surface area (Å²) in [4.78, 5) is 20.0. The Morgan fingerprint density at radius 1 is 1.04 bits per heavy atom. The van der Waals surface area contributed by atoms with Crippen molar-refractivity contribution >= 4 is 28.2 Å². The van der Waals surface area contributed by atoms with Crippen LogP contribution in [0.3, 0.4) is 0 Å². The lowest BCUT2D eigenvalue weighted by molar-refractivity contribution is 0.102. The molecule has 0 atom stereocenters. The summed E-state index contributed by atoms with van der Waals surface area (Å²) in [6.07, 6.45) is 6.24. The van der Waals surface area contributed by atoms with Gasteiger partial charge in [-0.15, -0.1) is 0 Å². The van der Waals surface area contributed by atoms with Crippen LogP contribution >= 0.6 is 0 Å². The Morgan fingerprint density at radius 2 is 1.86 bits per heavy atom. The Labute approximate surface area is 163 Å². The first-order valence-electron chi connectivity index (χ1n) is 9.31. The Morgan fingerprint density at radius 3 is 2.71 bits per heavy atom. The fourth-order valence-corrected chi connectivity index (χ4v) is 3.18. The molecule has 0 spiro atoms. The summed E-state index contributed by atoms with van der Waals surface area (Å²) < 4.78 is 0. The number of aromatic amines is 1. The molecule has 2 heterocycles. The molecule has 0 aliphatic carbocycles. The monoisotopic (exact) mass is 370 g/mol. The van der Waals surface area contributed by atoms with Gasteiger partial charge in [0.1, 0.15) is 0 Å². The first-order chi connectivity index (χ1) is 13.7. The Kier molecular flexibility index (Phi) is 5.06. The van der Waals surface area contributed by atoms with E-state index >= 15 is 0 Å². The van der Waals surface area contributed by atoms with Crippen molar-refractivity contribution < 1.29 is 4.79 Å². The maximum atomic E-state index is 12.5. The van der Waals surface area contributed by atoms with E-state index in [0.29, 0.717) is 5.56 Å². The SMILES string of the molecule is Cc1ccc(NC(=O)c2cncc(NCCc3c[nH]c4ccccc34)c2)cc1. The van der Waals surface area contributed by atoms with Crippen LogP contribution < -0.4 is 10.6 Å². The van der Waals surface area contributed by atoms with E-state index < -0.39 is 0 Å². The first-order valence-corrected chi connectivity index (χ1v) is 9.31. The smallest absolute Gasteiger partial charge is 0.257 e. The van der Waals surface area contributed by atoms with E-state index in [-0.39, 0.29) is 5.91 Å². The van der Waals surface area contributed by atoms with Gasteiger partial charge in [0.15, 0.2) is 0 Å². The molecule has 0 aliphatic heterocycles. The number of benzene rings is 2. The van der Waals surface area contributed by atoms with Crippen molar-refractivity contribution in [2.24, 2.45) is 0 Å². The predicted molar refractivity (Wildman–Crippen MR) is 114 cm³/mol. The third-order valence-electron chi connectivity index (χ3n) is 4.71. The average molecular weight is 370 g/mol. The number of carbonyl (C=O) groups excluding carboxylic acids is 1. The van der Waals surface area contributed by atoms with E-state index in [9.17, 15) is 4.79 Å². The number of aromatic nitrogens is 2. The number of fused-ring (bicyclic) bond motifs is 1. The highest BCUT2D eigenvalue weighted by molar-refractivity contribution is 6.04. The number of amides is 1. The highest BCUT2D eigenvalue weighted by Gasteiger charge is 2.08. The lowest BCUT2D eigenvalue weighted by atomic mass is 10.1. The molecule has 0 radical (unpaired) electrons. The number of rotatable bonds is 6. The van der Waals surface area contributed by atoms with E-state index in [1.54, 1.807) is 12.4 Å². The van der Waals surface area contributed by atoms with Gasteiger partial charge in [0.05, 0.1) is 11.3 Å². The zero-order chi connectivity index (χ0) is 19.3. The minimum atomic E-state index is -0.170. The molecule has 0 fully saturated rings. The van der Waals surface area contributed by atoms with Crippen molar-refractivity contribution in [3.8, 4) is 0 Å². The predicted octanol–water partition coefficient (Wildman–Crippen LogP) is 4.78. The van der Waals surface area contributed by atoms with Gasteiger partial charge >= 0.3 is 0 Å². The van der Waals surface area contributed by atoms with Gasteiger partial charge in [0.25, 0.3) is 5.91 Å². The van der Waals surface area contributed by atoms with E-state index in [4.69, 9.17) is 0 Å². The molecule has 5 nitrogen and oxygen atoms in total. The quantitative estimate of drug-likeness (QED) is 0.457. The van der Waals surface area contributed by atoms with Gasteiger partial charge in [-0.25, -0.2) is 0 Å². The maximum absolute atomic E-state index is 12.5. The van der Waals surface area contributed by atoms with Gasteiger partial charge in [-0.3, -0.25) is 9.78 Å². The van der Waals surface area contributed by atoms with Crippen LogP contribution in [0.25, 0.3) is 10.9 Å². The number of aryl methyl sites for hydroxylation is 1. The zero-order valence-corrected chi connectivity index (χ0v) is 15.7. The Balaban J connectivity index is 1.38. The van der Waals surface area contributed by atoms with Crippen molar-refractivity contribution in [2.45, 2.75) is 13.3 Å². The lowest BCUT2D eigenvalue weighted by Crippen LogP contribution is -2.13. The van der Waals surface area contributed by atoms with Gasteiger partial charge in [0, 0.05) is 41.7 Å². The van der Waals surface area contributed by atoms with E-state index in [2.05, 4.69) is 38.9 Å². The number of carbonyl (C=O) groups is 1. The first kappa shape index (κ1) is 17.8. The molecular formula is C23H22N4O. The van der Waals surface area contributed by atoms with Crippen LogP contribution in [0.2, 0.25) is 0 Å². The summed E-state index contributed by atoms with van der Waals surface area (Å²) in [5.41, 5.74) is 5.70. The van der Waals surface area contributed by atoms with Crippen molar-refractivity contribution in [1.29, 1.82) is 0 Å². The van der Waals surface area contributed by atoms with Crippen molar-refractivity contribution in [3.05, 3.63) is 89.9 Å². The number of nitrogens with one attached hydrogen (secondary N) is 3. The largest absolute Gasteiger partial charge is 0.383 e. The summed E-state index contributed by atoms with van der Waals surface area (Å²) in [6.45, 7) is 2.77. The van der Waals surface area contributed by atoms with Crippen molar-refractivity contribution in [1.82, 2.24) is 9.97 Å². The third-order valence-corrected chi connectivity index (χ3v) is 4.71. The zero-order valence-electron chi connectivity index (χ0n) is 15.7. The molecule has 0 saturated heterocycles. The van der Waals surface area contributed by atoms with Crippen LogP contribution in [0.4, 0.5) is 11.4 Å². The molecule has 140 valence electrons. The summed E-state index contributed by atoms with van der Waals surface area (Å²) in [5.74, 6) is -0.170. The van der Waals surface area contributed by atoms with Gasteiger partial charge in [-0.1, -0.05) is 35.9 Å². The van der Waals surface area contributed by atoms with Gasteiger partial charge in [-0.05, 0) is 43.2 Å². The van der Waals surface area contributed by atoms with Crippen LogP contribution in [0.5, 0.6) is 0 Å². The number of pyridine rings is 1. The number of anilines is 2. The molecule has 0 aliphatic rings. The summed E-state index contributed by atoms with van der Waals surface area (Å²) in [5, 5.41) is 7.50. The normalized spacial score (nSPS) is 10.8. The van der Waals surface area contributed by atoms with Crippen LogP contribution in [0, 0.1) is 6.92 Å². The topological polar surface area (TPSA) is 69.8 Å². The summed E-state index contributed by atoms with van der Waals surface area (Å²) >= 11 is 0. The molecule has 0 saturated carbocycles. The van der Waals surface area contributed by atoms with Crippen LogP contribution in [0.15, 0.2) is 73.2 Å². The Hall–Kier alpha value is -3.60. The van der Waals surface area contributed by atoms with Crippen molar-refractivity contribution in [3.63, 3.8) is 0 Å². The van der Waals surface area contributed by atoms with Crippen LogP contribution in [-0.2, 0) is 6.42 Å². The number of hydrogen-bond acceptors (Lipinski definition) is 3. The molecule has 4 rings (SSSR count). The molecule has 28 heavy (non-hydrogen) atoms. The minimum absolute atomic E-state index is 0.170. The standard InChI is InChI=1S/C23H22N4O/c1-16-6-8-19(9-7-16)27-23(28)18-12-20(15-24-13-18)25-11-10-17-14-26-22-5-3-2-4-21(17)22/h2-9,12-15,25-26H,10-11H2,1H3,(H,27,28). The molecule has 1 amide bonds. The third kappa shape index (κ3) is 4.04. The second-order valence-corrected chi connectivity index (χ2v) is 6.82. The molecule has 4 aromatic rings. The molecule has 3 N–H and O–H groups in total. The molecule has 2 aromatic carbocycles. The Bertz CT molecular complexity index is 1100. The van der Waals surface area contributed by atoms with E-state index in [1.807, 2.05) is 49.4 Å². The van der Waals surface area contributed by atoms with Gasteiger partial charge < -0.3 is 15.6 Å². The molecule has 2 aromatic heterocycles. The average Bonchev–Trinajstić information content (AvgIpc) is 3.13. The number of H-pyrrole nitrogens is 1. The maximum Gasteiger partial charge on any atom is 0.257 e. The van der Waals surface area contributed by atoms with E-state index in [1.165, 1.54) is 10.9 Å². The molecular weight excluding hydrogens is 348 g/mol. The number of nitrogens with zero attached hydrogens (tertiary/aromatic N) is 1. The highest BCUT2D eigenvalue weighted by Crippen LogP contribution is 2.18. The second kappa shape index (κ2) is 7.96. The van der Waals surface area contributed by atoms with Gasteiger partial charge in [0.2, 0.25) is 0 Å². The fourth-order valence-electron chi connectivity index (χ4n) is 3.18. The molecule has 0 unspecified atom stereocenters. The number of para-hydroxylation sites is 1. The minimum Gasteiger partial charge on any atom is -0.383 e. The van der Waals surface area contributed by atoms with Crippen LogP contribution in [0.1, 0.15) is 21.5 Å². The highest BCUT2D eigenvalue weighted by atomic mass is 16.1. The van der Waals surface area contributed by atoms with Gasteiger partial charge in [-0.2, -0.15) is 0 Å². The fraction of sp³-hybridized carbons (Fsp3) is 0.130. The van der Waals surface area contributed by atoms with Crippen molar-refractivity contribution in [2.75, 3.05) is 17.2 Å². The second-order valence-electron chi connectivity index (χ2n) is 6.82. The number of hydrogen-bond donors (Lipinski definition) is 3. The molecule has 0 bridgehead atoms. The lowest BCUT2D eigenvalue weighted by Gasteiger charge is -2.09.